The Kier molecular flexibility index (Phi) is 7.15. The first-order chi connectivity index (χ1) is 16.5. The van der Waals surface area contributed by atoms with Crippen LogP contribution in [0.2, 0.25) is 0 Å². The smallest absolute Gasteiger partial charge is 0.255 e. The van der Waals surface area contributed by atoms with Gasteiger partial charge in [0.15, 0.2) is 0 Å². The summed E-state index contributed by atoms with van der Waals surface area (Å²) in [6.45, 7) is 3.02. The lowest BCUT2D eigenvalue weighted by atomic mass is 10.0. The van der Waals surface area contributed by atoms with Gasteiger partial charge in [-0.25, -0.2) is 4.68 Å². The molecule has 0 unspecified atom stereocenters. The highest BCUT2D eigenvalue weighted by molar-refractivity contribution is 6.03. The molecule has 1 saturated carbocycles. The number of rotatable bonds is 9. The number of nitrogens with one attached hydrogen (secondary N) is 2. The van der Waals surface area contributed by atoms with E-state index in [1.165, 1.54) is 0 Å². The standard InChI is InChI=1S/C26H31N5O3/c1-3-28-25-22(24(27)32)23(30-31(25)19-8-4-5-9-19)18-14-12-17(13-15-18)16-29-26(33)20-10-6-7-11-21(20)34-2/h6-7,10-15,19,28H,3-5,8-9,16H2,1-2H3,(H2,27,32)(H,29,33). The van der Waals surface area contributed by atoms with E-state index in [0.717, 1.165) is 36.8 Å². The Morgan fingerprint density at radius 2 is 1.82 bits per heavy atom. The molecule has 4 N–H and O–H groups in total. The topological polar surface area (TPSA) is 111 Å². The number of carbonyl (C=O) groups excluding carboxylic acids is 2. The van der Waals surface area contributed by atoms with Crippen molar-refractivity contribution < 1.29 is 14.3 Å². The third-order valence-electron chi connectivity index (χ3n) is 6.20. The molecular formula is C26H31N5O3. The minimum Gasteiger partial charge on any atom is -0.496 e. The number of anilines is 1. The van der Waals surface area contributed by atoms with E-state index in [1.54, 1.807) is 25.3 Å². The number of benzene rings is 2. The summed E-state index contributed by atoms with van der Waals surface area (Å²) in [4.78, 5) is 25.0. The molecule has 0 aliphatic heterocycles. The maximum Gasteiger partial charge on any atom is 0.255 e. The molecule has 1 aromatic heterocycles. The van der Waals surface area contributed by atoms with Crippen molar-refractivity contribution in [2.75, 3.05) is 19.0 Å². The van der Waals surface area contributed by atoms with Gasteiger partial charge in [0, 0.05) is 18.7 Å². The Morgan fingerprint density at radius 3 is 2.47 bits per heavy atom. The Labute approximate surface area is 199 Å². The number of aromatic nitrogens is 2. The van der Waals surface area contributed by atoms with Crippen LogP contribution in [-0.4, -0.2) is 35.2 Å². The number of nitrogens with two attached hydrogens (primary N) is 1. The average molecular weight is 462 g/mol. The molecule has 1 heterocycles. The summed E-state index contributed by atoms with van der Waals surface area (Å²) in [6.07, 6.45) is 4.41. The van der Waals surface area contributed by atoms with E-state index in [2.05, 4.69) is 10.6 Å². The van der Waals surface area contributed by atoms with E-state index in [9.17, 15) is 9.59 Å². The molecule has 8 nitrogen and oxygen atoms in total. The van der Waals surface area contributed by atoms with Crippen molar-refractivity contribution in [3.8, 4) is 17.0 Å². The summed E-state index contributed by atoms with van der Waals surface area (Å²) in [5, 5.41) is 11.1. The first-order valence-corrected chi connectivity index (χ1v) is 11.7. The van der Waals surface area contributed by atoms with Gasteiger partial charge in [-0.05, 0) is 37.5 Å². The van der Waals surface area contributed by atoms with Crippen molar-refractivity contribution in [2.45, 2.75) is 45.2 Å². The zero-order valence-corrected chi connectivity index (χ0v) is 19.6. The zero-order valence-electron chi connectivity index (χ0n) is 19.6. The Hall–Kier alpha value is -3.81. The van der Waals surface area contributed by atoms with Crippen LogP contribution < -0.4 is 21.1 Å². The number of hydrogen-bond acceptors (Lipinski definition) is 5. The van der Waals surface area contributed by atoms with Crippen molar-refractivity contribution in [1.82, 2.24) is 15.1 Å². The van der Waals surface area contributed by atoms with Crippen LogP contribution in [-0.2, 0) is 6.54 Å². The van der Waals surface area contributed by atoms with Crippen molar-refractivity contribution in [3.05, 3.63) is 65.2 Å². The molecule has 1 aliphatic carbocycles. The van der Waals surface area contributed by atoms with Gasteiger partial charge in [0.1, 0.15) is 22.8 Å². The van der Waals surface area contributed by atoms with Crippen LogP contribution in [0.4, 0.5) is 5.82 Å². The number of carbonyl (C=O) groups is 2. The lowest BCUT2D eigenvalue weighted by molar-refractivity contribution is 0.0946. The predicted octanol–water partition coefficient (Wildman–Crippen LogP) is 4.13. The molecule has 0 atom stereocenters. The van der Waals surface area contributed by atoms with Crippen LogP contribution in [0.1, 0.15) is 64.9 Å². The molecule has 2 aromatic carbocycles. The number of amides is 2. The molecule has 34 heavy (non-hydrogen) atoms. The van der Waals surface area contributed by atoms with Crippen LogP contribution in [0.25, 0.3) is 11.3 Å². The fourth-order valence-corrected chi connectivity index (χ4v) is 4.51. The highest BCUT2D eigenvalue weighted by atomic mass is 16.5. The first kappa shape index (κ1) is 23.4. The van der Waals surface area contributed by atoms with Gasteiger partial charge < -0.3 is 21.1 Å². The highest BCUT2D eigenvalue weighted by Gasteiger charge is 2.28. The number of ether oxygens (including phenoxy) is 1. The lowest BCUT2D eigenvalue weighted by Crippen LogP contribution is -2.23. The Bertz CT molecular complexity index is 1160. The second-order valence-electron chi connectivity index (χ2n) is 8.43. The molecule has 3 aromatic rings. The van der Waals surface area contributed by atoms with Crippen LogP contribution in [0.15, 0.2) is 48.5 Å². The van der Waals surface area contributed by atoms with E-state index in [4.69, 9.17) is 15.6 Å². The van der Waals surface area contributed by atoms with E-state index >= 15 is 0 Å². The van der Waals surface area contributed by atoms with Crippen molar-refractivity contribution in [1.29, 1.82) is 0 Å². The van der Waals surface area contributed by atoms with Gasteiger partial charge in [-0.1, -0.05) is 49.2 Å². The minimum absolute atomic E-state index is 0.205. The molecule has 1 fully saturated rings. The molecule has 178 valence electrons. The SMILES string of the molecule is CCNc1c(C(N)=O)c(-c2ccc(CNC(=O)c3ccccc3OC)cc2)nn1C1CCCC1. The summed E-state index contributed by atoms with van der Waals surface area (Å²) < 4.78 is 7.22. The largest absolute Gasteiger partial charge is 0.496 e. The second-order valence-corrected chi connectivity index (χ2v) is 8.43. The third kappa shape index (κ3) is 4.76. The fourth-order valence-electron chi connectivity index (χ4n) is 4.51. The van der Waals surface area contributed by atoms with E-state index in [1.807, 2.05) is 41.9 Å². The minimum atomic E-state index is -0.497. The lowest BCUT2D eigenvalue weighted by Gasteiger charge is -2.15. The Balaban J connectivity index is 1.56. The Morgan fingerprint density at radius 1 is 1.12 bits per heavy atom. The van der Waals surface area contributed by atoms with Gasteiger partial charge in [-0.2, -0.15) is 5.10 Å². The van der Waals surface area contributed by atoms with E-state index in [-0.39, 0.29) is 11.9 Å². The monoisotopic (exact) mass is 461 g/mol. The van der Waals surface area contributed by atoms with Crippen molar-refractivity contribution in [2.24, 2.45) is 5.73 Å². The van der Waals surface area contributed by atoms with Gasteiger partial charge >= 0.3 is 0 Å². The molecule has 8 heteroatoms. The number of para-hydroxylation sites is 1. The predicted molar refractivity (Wildman–Crippen MR) is 132 cm³/mol. The molecule has 4 rings (SSSR count). The molecule has 0 spiro atoms. The number of hydrogen-bond donors (Lipinski definition) is 3. The van der Waals surface area contributed by atoms with Crippen molar-refractivity contribution >= 4 is 17.6 Å². The van der Waals surface area contributed by atoms with Crippen LogP contribution in [0, 0.1) is 0 Å². The molecule has 0 saturated heterocycles. The average Bonchev–Trinajstić information content (AvgIpc) is 3.51. The zero-order chi connectivity index (χ0) is 24.1. The molecule has 1 aliphatic rings. The summed E-state index contributed by atoms with van der Waals surface area (Å²) in [5.74, 6) is 0.528. The summed E-state index contributed by atoms with van der Waals surface area (Å²) in [6, 6.07) is 15.0. The third-order valence-corrected chi connectivity index (χ3v) is 6.20. The molecule has 0 bridgehead atoms. The van der Waals surface area contributed by atoms with E-state index in [0.29, 0.717) is 41.5 Å². The highest BCUT2D eigenvalue weighted by Crippen LogP contribution is 2.36. The number of nitrogens with zero attached hydrogens (tertiary/aromatic N) is 2. The first-order valence-electron chi connectivity index (χ1n) is 11.7. The van der Waals surface area contributed by atoms with Crippen LogP contribution in [0.3, 0.4) is 0 Å². The fraction of sp³-hybridized carbons (Fsp3) is 0.346. The van der Waals surface area contributed by atoms with Gasteiger partial charge in [-0.3, -0.25) is 9.59 Å². The van der Waals surface area contributed by atoms with Crippen molar-refractivity contribution in [3.63, 3.8) is 0 Å². The molecule has 2 amide bonds. The molecular weight excluding hydrogens is 430 g/mol. The van der Waals surface area contributed by atoms with Gasteiger partial charge in [0.2, 0.25) is 0 Å². The van der Waals surface area contributed by atoms with E-state index < -0.39 is 5.91 Å². The normalized spacial score (nSPS) is 13.6. The van der Waals surface area contributed by atoms with Gasteiger partial charge in [0.25, 0.3) is 11.8 Å². The quantitative estimate of drug-likeness (QED) is 0.444. The maximum absolute atomic E-state index is 12.6. The van der Waals surface area contributed by atoms with Crippen LogP contribution >= 0.6 is 0 Å². The summed E-state index contributed by atoms with van der Waals surface area (Å²) in [7, 11) is 1.54. The maximum atomic E-state index is 12.6. The van der Waals surface area contributed by atoms with Crippen LogP contribution in [0.5, 0.6) is 5.75 Å². The molecule has 0 radical (unpaired) electrons. The number of primary amides is 1. The van der Waals surface area contributed by atoms with Gasteiger partial charge in [-0.15, -0.1) is 0 Å². The second kappa shape index (κ2) is 10.4. The number of methoxy groups -OCH3 is 1. The summed E-state index contributed by atoms with van der Waals surface area (Å²) >= 11 is 0. The summed E-state index contributed by atoms with van der Waals surface area (Å²) in [5.41, 5.74) is 9.02. The van der Waals surface area contributed by atoms with Gasteiger partial charge in [0.05, 0.1) is 18.7 Å².